The molecule has 14 N–H and O–H groups in total. The number of nitrogens with zero attached hydrogens (tertiary/aromatic N) is 8. The highest BCUT2D eigenvalue weighted by atomic mass is 31.3. The number of nitrogens with two attached hydrogens (primary N) is 2. The molecule has 0 aliphatic carbocycles. The number of anilines is 2. The van der Waals surface area contributed by atoms with E-state index in [2.05, 4.69) is 41.1 Å². The minimum atomic E-state index is -5.47. The van der Waals surface area contributed by atoms with Crippen molar-refractivity contribution in [2.45, 2.75) is 73.6 Å². The van der Waals surface area contributed by atoms with E-state index in [-0.39, 0.29) is 53.0 Å². The van der Waals surface area contributed by atoms with E-state index in [4.69, 9.17) is 57.6 Å². The Balaban J connectivity index is 0.922. The molecule has 73 heavy (non-hydrogen) atoms. The van der Waals surface area contributed by atoms with Gasteiger partial charge in [-0.3, -0.25) is 37.4 Å². The number of hydrogen-bond acceptors (Lipinski definition) is 27. The normalized spacial score (nSPS) is 31.1. The number of hydrogen-bond donors (Lipinski definition) is 12. The van der Waals surface area contributed by atoms with E-state index in [1.165, 1.54) is 52.8 Å². The summed E-state index contributed by atoms with van der Waals surface area (Å²) < 4.78 is 90.1. The first kappa shape index (κ1) is 55.1. The van der Waals surface area contributed by atoms with Crippen LogP contribution in [0.1, 0.15) is 12.5 Å². The molecule has 16 atom stereocenters. The topological polar surface area (TPSA) is 480 Å². The van der Waals surface area contributed by atoms with Crippen LogP contribution in [0.3, 0.4) is 0 Å². The summed E-state index contributed by atoms with van der Waals surface area (Å²) in [6, 6.07) is -0.758. The van der Waals surface area contributed by atoms with E-state index in [1.807, 2.05) is 0 Å². The molecule has 0 saturated carbocycles. The maximum absolute atomic E-state index is 13.7. The van der Waals surface area contributed by atoms with Gasteiger partial charge in [0, 0.05) is 19.0 Å². The van der Waals surface area contributed by atoms with Crippen LogP contribution in [-0.2, 0) is 66.6 Å². The van der Waals surface area contributed by atoms with E-state index < -0.39 is 138 Å². The highest BCUT2D eigenvalue weighted by molar-refractivity contribution is 7.62. The smallest absolute Gasteiger partial charge is 0.387 e. The summed E-state index contributed by atoms with van der Waals surface area (Å²) in [5.74, 6) is -0.281. The molecule has 8 rings (SSSR count). The monoisotopic (exact) mass is 1120 g/mol. The summed E-state index contributed by atoms with van der Waals surface area (Å²) in [7, 11) is -14.7. The van der Waals surface area contributed by atoms with Crippen LogP contribution in [0.4, 0.5) is 16.6 Å². The van der Waals surface area contributed by atoms with Crippen molar-refractivity contribution < 1.29 is 109 Å². The number of carbonyl (C=O) groups is 1. The maximum Gasteiger partial charge on any atom is 0.479 e. The number of aliphatic hydroxyl groups excluding tert-OH is 4. The largest absolute Gasteiger partial charge is 0.479 e. The summed E-state index contributed by atoms with van der Waals surface area (Å²) in [5, 5.41) is 45.4. The number of allylic oxidation sites excluding steroid dienone is 1. The zero-order valence-electron chi connectivity index (χ0n) is 37.8. The number of nitrogens with one attached hydrogen (secondary N) is 2. The fourth-order valence-corrected chi connectivity index (χ4v) is 11.4. The number of aromatic nitrogens is 8. The van der Waals surface area contributed by atoms with Crippen LogP contribution in [-0.4, -0.2) is 186 Å². The Labute approximate surface area is 411 Å². The fourth-order valence-electron chi connectivity index (χ4n) is 7.89. The van der Waals surface area contributed by atoms with E-state index >= 15 is 0 Å². The molecular formula is C34H49N12O23P4+. The lowest BCUT2D eigenvalue weighted by Crippen LogP contribution is -2.49. The number of aliphatic hydroxyl groups is 4. The molecule has 7 unspecified atom stereocenters. The first-order valence-corrected chi connectivity index (χ1v) is 26.4. The number of amides is 2. The number of ether oxygens (including phenoxy) is 5. The van der Waals surface area contributed by atoms with Crippen LogP contribution < -0.4 is 26.9 Å². The van der Waals surface area contributed by atoms with Gasteiger partial charge in [-0.1, -0.05) is 11.6 Å². The Morgan fingerprint density at radius 3 is 2.33 bits per heavy atom. The molecule has 39 heteroatoms. The molecule has 3 saturated heterocycles. The number of rotatable bonds is 22. The van der Waals surface area contributed by atoms with Crippen molar-refractivity contribution in [1.82, 2.24) is 44.3 Å². The lowest BCUT2D eigenvalue weighted by atomic mass is 10.1. The number of urea groups is 1. The van der Waals surface area contributed by atoms with Crippen LogP contribution in [0.2, 0.25) is 0 Å². The van der Waals surface area contributed by atoms with Gasteiger partial charge in [-0.05, 0) is 6.08 Å². The number of phosphoric ester groups is 2. The van der Waals surface area contributed by atoms with Crippen LogP contribution in [0.5, 0.6) is 0 Å². The Bertz CT molecular complexity index is 2850. The van der Waals surface area contributed by atoms with Gasteiger partial charge in [-0.15, -0.1) is 0 Å². The first-order chi connectivity index (χ1) is 34.6. The second kappa shape index (κ2) is 22.6. The average molecular weight is 1120 g/mol. The first-order valence-electron chi connectivity index (χ1n) is 21.1. The van der Waals surface area contributed by atoms with E-state index in [0.717, 1.165) is 11.2 Å². The molecule has 0 aromatic carbocycles. The summed E-state index contributed by atoms with van der Waals surface area (Å²) in [6.07, 6.45) is -12.6. The van der Waals surface area contributed by atoms with Crippen LogP contribution in [0.25, 0.3) is 22.3 Å². The van der Waals surface area contributed by atoms with Gasteiger partial charge in [0.25, 0.3) is 11.5 Å². The van der Waals surface area contributed by atoms with E-state index in [1.54, 1.807) is 0 Å². The van der Waals surface area contributed by atoms with E-state index in [0.29, 0.717) is 0 Å². The zero-order valence-corrected chi connectivity index (χ0v) is 41.4. The summed E-state index contributed by atoms with van der Waals surface area (Å²) in [6.45, 7) is 0.666. The van der Waals surface area contributed by atoms with Crippen LogP contribution in [0, 0.1) is 0 Å². The predicted octanol–water partition coefficient (Wildman–Crippen LogP) is -3.29. The SMILES string of the molecule is C=C1C=CN([C@@H]2O[C@H](COP(=O)(O)OC3[C@@H](COP(=O)(O)OP(O)OP(O)OC[C@H]4O[C@@H]([n+]5cn(C)c6c(=O)[nH]c(N)nc65)[C@@H](O)C4O)O[C@@H](n4cnc5c(N)ncnc54)[C@H]3OCCOC)C(O)[C@@H]2O)C(=O)N1. The second-order valence-corrected chi connectivity index (χ2v) is 21.2. The highest BCUT2D eigenvalue weighted by Crippen LogP contribution is 2.61. The molecule has 3 fully saturated rings. The summed E-state index contributed by atoms with van der Waals surface area (Å²) >= 11 is 0. The second-order valence-electron chi connectivity index (χ2n) is 16.0. The van der Waals surface area contributed by atoms with Crippen LogP contribution in [0.15, 0.2) is 48.3 Å². The van der Waals surface area contributed by atoms with Crippen LogP contribution >= 0.6 is 32.9 Å². The van der Waals surface area contributed by atoms with Crippen molar-refractivity contribution in [3.63, 3.8) is 0 Å². The average Bonchev–Trinajstić information content (AvgIpc) is 4.11. The predicted molar refractivity (Wildman–Crippen MR) is 239 cm³/mol. The van der Waals surface area contributed by atoms with Gasteiger partial charge in [-0.2, -0.15) is 0 Å². The molecule has 4 aliphatic rings. The van der Waals surface area contributed by atoms with Crippen molar-refractivity contribution in [1.29, 1.82) is 0 Å². The van der Waals surface area contributed by atoms with E-state index in [9.17, 15) is 58.7 Å². The molecule has 0 spiro atoms. The standard InChI is InChI=1S/C34H48N12O23P4/c1-14-4-5-44(34(52)40-14)30-22(49)21(48)16(65-30)9-62-72(55,56)67-24-17(66-32(25(24)60-7-6-59-3)45-12-39-18-26(35)37-11-38-27(18)45)10-63-73(57,58)69-71(54)68-70(53)61-8-15-20(47)23(50)31(64-15)46-13-43(2)19-28(46)41-33(36)42-29(19)51/h4-5,11-13,15-17,20-25,30-32,47-50,53-54H,1,6-10H2,2-3H3,(H7-,35,36,37,38,40,41,42,51,52,55,56,57,58)/p+1/t15-,16-,17-,20?,21?,22+,23+,24?,25+,30-,31-,32-,70?,71?/m1/s1. The van der Waals surface area contributed by atoms with Gasteiger partial charge in [0.2, 0.25) is 11.7 Å². The van der Waals surface area contributed by atoms with Crippen molar-refractivity contribution in [3.05, 3.63) is 53.9 Å². The molecule has 0 radical (unpaired) electrons. The Hall–Kier alpha value is -4.19. The minimum absolute atomic E-state index is 0.00118. The number of carbonyl (C=O) groups excluding carboxylic acids is 1. The third-order valence-corrected chi connectivity index (χ3v) is 15.5. The molecule has 4 aliphatic heterocycles. The third kappa shape index (κ3) is 12.1. The quantitative estimate of drug-likeness (QED) is 0.0208. The molecule has 8 heterocycles. The summed E-state index contributed by atoms with van der Waals surface area (Å²) in [4.78, 5) is 87.3. The lowest BCUT2D eigenvalue weighted by molar-refractivity contribution is -0.745. The zero-order chi connectivity index (χ0) is 52.7. The van der Waals surface area contributed by atoms with Gasteiger partial charge in [0.05, 0.1) is 46.4 Å². The molecule has 0 bridgehead atoms. The Morgan fingerprint density at radius 2 is 1.59 bits per heavy atom. The number of aromatic amines is 1. The number of H-pyrrole nitrogens is 1. The van der Waals surface area contributed by atoms with Gasteiger partial charge < -0.3 is 85.0 Å². The van der Waals surface area contributed by atoms with Gasteiger partial charge in [-0.25, -0.2) is 42.1 Å². The van der Waals surface area contributed by atoms with Crippen molar-refractivity contribution >= 4 is 73.0 Å². The Kier molecular flexibility index (Phi) is 17.0. The fraction of sp³-hybridized carbons (Fsp3) is 0.559. The molecule has 402 valence electrons. The number of methoxy groups -OCH3 is 1. The van der Waals surface area contributed by atoms with Gasteiger partial charge >= 0.3 is 44.5 Å². The molecule has 2 amide bonds. The van der Waals surface area contributed by atoms with Gasteiger partial charge in [0.1, 0.15) is 66.8 Å². The highest BCUT2D eigenvalue weighted by Gasteiger charge is 2.53. The summed E-state index contributed by atoms with van der Waals surface area (Å²) in [5.41, 5.74) is 11.6. The molecule has 35 nitrogen and oxygen atoms in total. The van der Waals surface area contributed by atoms with Gasteiger partial charge in [0.15, 0.2) is 30.2 Å². The van der Waals surface area contributed by atoms with Crippen molar-refractivity contribution in [2.75, 3.05) is 51.6 Å². The van der Waals surface area contributed by atoms with Crippen molar-refractivity contribution in [3.8, 4) is 0 Å². The number of aryl methyl sites for hydroxylation is 1. The number of imidazole rings is 2. The number of fused-ring (bicyclic) bond motifs is 2. The lowest BCUT2D eigenvalue weighted by Gasteiger charge is -2.30. The maximum atomic E-state index is 13.7. The number of phosphoric acid groups is 2. The molecule has 4 aromatic heterocycles. The Morgan fingerprint density at radius 1 is 0.890 bits per heavy atom. The molecular weight excluding hydrogens is 1070 g/mol. The molecule has 4 aromatic rings. The third-order valence-electron chi connectivity index (χ3n) is 11.2. The minimum Gasteiger partial charge on any atom is -0.387 e. The van der Waals surface area contributed by atoms with Crippen molar-refractivity contribution in [2.24, 2.45) is 7.05 Å². The number of nitrogen functional groups attached to an aromatic ring is 2.